The zero-order valence-electron chi connectivity index (χ0n) is 17.9. The van der Waals surface area contributed by atoms with E-state index in [0.29, 0.717) is 44.1 Å². The van der Waals surface area contributed by atoms with Gasteiger partial charge in [-0.2, -0.15) is 0 Å². The van der Waals surface area contributed by atoms with Crippen LogP contribution in [0.5, 0.6) is 0 Å². The number of hydrogen-bond acceptors (Lipinski definition) is 3. The fourth-order valence-electron chi connectivity index (χ4n) is 4.36. The third-order valence-corrected chi connectivity index (χ3v) is 6.46. The SMILES string of the molecule is Cc1ccccc1CN1CCN(C(=O)c2cc(C3CC3)nc3ccccc23)CCC1=O. The van der Waals surface area contributed by atoms with Crippen molar-refractivity contribution in [3.05, 3.63) is 77.0 Å². The molecule has 2 aromatic carbocycles. The van der Waals surface area contributed by atoms with Gasteiger partial charge in [0.25, 0.3) is 5.91 Å². The van der Waals surface area contributed by atoms with Gasteiger partial charge in [-0.25, -0.2) is 0 Å². The highest BCUT2D eigenvalue weighted by Crippen LogP contribution is 2.40. The van der Waals surface area contributed by atoms with Gasteiger partial charge >= 0.3 is 0 Å². The van der Waals surface area contributed by atoms with E-state index in [2.05, 4.69) is 19.1 Å². The molecule has 5 rings (SSSR count). The fourth-order valence-corrected chi connectivity index (χ4v) is 4.36. The molecule has 0 radical (unpaired) electrons. The number of aryl methyl sites for hydroxylation is 1. The maximum atomic E-state index is 13.6. The number of fused-ring (bicyclic) bond motifs is 1. The molecule has 1 aliphatic heterocycles. The lowest BCUT2D eigenvalue weighted by Crippen LogP contribution is -2.36. The van der Waals surface area contributed by atoms with E-state index in [4.69, 9.17) is 4.98 Å². The zero-order chi connectivity index (χ0) is 21.4. The van der Waals surface area contributed by atoms with Gasteiger partial charge in [0.1, 0.15) is 0 Å². The molecule has 0 N–H and O–H groups in total. The van der Waals surface area contributed by atoms with Crippen molar-refractivity contribution >= 4 is 22.7 Å². The lowest BCUT2D eigenvalue weighted by molar-refractivity contribution is -0.130. The summed E-state index contributed by atoms with van der Waals surface area (Å²) in [5, 5.41) is 0.893. The summed E-state index contributed by atoms with van der Waals surface area (Å²) in [7, 11) is 0. The number of carbonyl (C=O) groups is 2. The van der Waals surface area contributed by atoms with Crippen LogP contribution in [0.2, 0.25) is 0 Å². The highest BCUT2D eigenvalue weighted by Gasteiger charge is 2.29. The lowest BCUT2D eigenvalue weighted by Gasteiger charge is -2.23. The molecular weight excluding hydrogens is 386 g/mol. The van der Waals surface area contributed by atoms with Gasteiger partial charge in [0.2, 0.25) is 5.91 Å². The fraction of sp³-hybridized carbons (Fsp3) is 0.346. The minimum absolute atomic E-state index is 0.00559. The Morgan fingerprint density at radius 1 is 1.03 bits per heavy atom. The number of amides is 2. The van der Waals surface area contributed by atoms with Crippen molar-refractivity contribution < 1.29 is 9.59 Å². The first-order valence-electron chi connectivity index (χ1n) is 11.1. The predicted molar refractivity (Wildman–Crippen MR) is 121 cm³/mol. The maximum Gasteiger partial charge on any atom is 0.254 e. The number of carbonyl (C=O) groups excluding carboxylic acids is 2. The zero-order valence-corrected chi connectivity index (χ0v) is 17.9. The van der Waals surface area contributed by atoms with Crippen LogP contribution in [0, 0.1) is 6.92 Å². The van der Waals surface area contributed by atoms with Crippen LogP contribution < -0.4 is 0 Å². The second kappa shape index (κ2) is 8.14. The molecule has 5 heteroatoms. The van der Waals surface area contributed by atoms with Crippen molar-refractivity contribution in [1.82, 2.24) is 14.8 Å². The second-order valence-electron chi connectivity index (χ2n) is 8.67. The standard InChI is InChI=1S/C26H27N3O2/c1-18-6-2-3-7-20(18)17-29-15-14-28(13-12-25(29)30)26(31)22-16-24(19-10-11-19)27-23-9-5-4-8-21(22)23/h2-9,16,19H,10-15,17H2,1H3. The quantitative estimate of drug-likeness (QED) is 0.641. The van der Waals surface area contributed by atoms with Crippen LogP contribution >= 0.6 is 0 Å². The summed E-state index contributed by atoms with van der Waals surface area (Å²) < 4.78 is 0. The van der Waals surface area contributed by atoms with E-state index in [1.807, 2.05) is 52.3 Å². The van der Waals surface area contributed by atoms with Crippen LogP contribution in [0.4, 0.5) is 0 Å². The average molecular weight is 414 g/mol. The number of rotatable bonds is 4. The molecule has 1 aliphatic carbocycles. The van der Waals surface area contributed by atoms with Gasteiger partial charge in [-0.05, 0) is 43.0 Å². The molecule has 0 atom stereocenters. The molecule has 2 heterocycles. The Morgan fingerprint density at radius 2 is 1.81 bits per heavy atom. The Balaban J connectivity index is 1.38. The van der Waals surface area contributed by atoms with E-state index in [9.17, 15) is 9.59 Å². The van der Waals surface area contributed by atoms with Gasteiger partial charge in [0.15, 0.2) is 0 Å². The van der Waals surface area contributed by atoms with Gasteiger partial charge in [0.05, 0.1) is 11.1 Å². The van der Waals surface area contributed by atoms with Crippen molar-refractivity contribution in [1.29, 1.82) is 0 Å². The molecule has 5 nitrogen and oxygen atoms in total. The minimum atomic E-state index is 0.00559. The predicted octanol–water partition coefficient (Wildman–Crippen LogP) is 4.30. The normalized spacial score (nSPS) is 17.1. The third kappa shape index (κ3) is 4.05. The minimum Gasteiger partial charge on any atom is -0.337 e. The van der Waals surface area contributed by atoms with Crippen LogP contribution in [0.25, 0.3) is 10.9 Å². The van der Waals surface area contributed by atoms with Crippen LogP contribution in [0.3, 0.4) is 0 Å². The Bertz CT molecular complexity index is 1150. The smallest absolute Gasteiger partial charge is 0.254 e. The Labute approximate surface area is 182 Å². The van der Waals surface area contributed by atoms with E-state index in [1.54, 1.807) is 0 Å². The molecule has 158 valence electrons. The number of aromatic nitrogens is 1. The molecule has 0 bridgehead atoms. The summed E-state index contributed by atoms with van der Waals surface area (Å²) >= 11 is 0. The van der Waals surface area contributed by atoms with Crippen molar-refractivity contribution in [3.8, 4) is 0 Å². The largest absolute Gasteiger partial charge is 0.337 e. The first kappa shape index (κ1) is 19.7. The topological polar surface area (TPSA) is 53.5 Å². The van der Waals surface area contributed by atoms with E-state index in [-0.39, 0.29) is 11.8 Å². The van der Waals surface area contributed by atoms with Crippen molar-refractivity contribution in [2.24, 2.45) is 0 Å². The maximum absolute atomic E-state index is 13.6. The number of nitrogens with zero attached hydrogens (tertiary/aromatic N) is 3. The van der Waals surface area contributed by atoms with Crippen LogP contribution in [0.15, 0.2) is 54.6 Å². The highest BCUT2D eigenvalue weighted by atomic mass is 16.2. The summed E-state index contributed by atoms with van der Waals surface area (Å²) in [6, 6.07) is 18.0. The second-order valence-corrected chi connectivity index (χ2v) is 8.67. The van der Waals surface area contributed by atoms with Crippen LogP contribution in [-0.2, 0) is 11.3 Å². The number of pyridine rings is 1. The summed E-state index contributed by atoms with van der Waals surface area (Å²) in [6.07, 6.45) is 2.65. The average Bonchev–Trinajstić information content (AvgIpc) is 3.64. The van der Waals surface area contributed by atoms with Gasteiger partial charge in [-0.3, -0.25) is 14.6 Å². The van der Waals surface area contributed by atoms with Crippen LogP contribution in [0.1, 0.15) is 52.4 Å². The van der Waals surface area contributed by atoms with Crippen molar-refractivity contribution in [2.45, 2.75) is 38.6 Å². The molecule has 1 aromatic heterocycles. The molecule has 2 amide bonds. The first-order chi connectivity index (χ1) is 15.1. The molecule has 2 fully saturated rings. The van der Waals surface area contributed by atoms with E-state index in [0.717, 1.165) is 35.0 Å². The Hall–Kier alpha value is -3.21. The summed E-state index contributed by atoms with van der Waals surface area (Å²) in [4.78, 5) is 34.8. The lowest BCUT2D eigenvalue weighted by atomic mass is 10.0. The molecule has 0 spiro atoms. The Kier molecular flexibility index (Phi) is 5.18. The van der Waals surface area contributed by atoms with Gasteiger partial charge in [-0.1, -0.05) is 42.5 Å². The molecule has 2 aliphatic rings. The number of hydrogen-bond donors (Lipinski definition) is 0. The molecule has 3 aromatic rings. The molecule has 31 heavy (non-hydrogen) atoms. The number of para-hydroxylation sites is 1. The molecule has 1 saturated heterocycles. The van der Waals surface area contributed by atoms with Crippen molar-refractivity contribution in [3.63, 3.8) is 0 Å². The van der Waals surface area contributed by atoms with E-state index >= 15 is 0 Å². The van der Waals surface area contributed by atoms with Gasteiger partial charge in [-0.15, -0.1) is 0 Å². The summed E-state index contributed by atoms with van der Waals surface area (Å²) in [5.41, 5.74) is 4.96. The summed E-state index contributed by atoms with van der Waals surface area (Å²) in [5.74, 6) is 0.592. The first-order valence-corrected chi connectivity index (χ1v) is 11.1. The molecule has 1 saturated carbocycles. The van der Waals surface area contributed by atoms with Gasteiger partial charge < -0.3 is 9.80 Å². The van der Waals surface area contributed by atoms with Gasteiger partial charge in [0, 0.05) is 49.6 Å². The third-order valence-electron chi connectivity index (χ3n) is 6.46. The van der Waals surface area contributed by atoms with Crippen molar-refractivity contribution in [2.75, 3.05) is 19.6 Å². The molecule has 0 unspecified atom stereocenters. The molecular formula is C26H27N3O2. The summed E-state index contributed by atoms with van der Waals surface area (Å²) in [6.45, 7) is 4.22. The van der Waals surface area contributed by atoms with E-state index < -0.39 is 0 Å². The monoisotopic (exact) mass is 413 g/mol. The van der Waals surface area contributed by atoms with Crippen LogP contribution in [-0.4, -0.2) is 46.2 Å². The number of benzene rings is 2. The Morgan fingerprint density at radius 3 is 2.61 bits per heavy atom. The highest BCUT2D eigenvalue weighted by molar-refractivity contribution is 6.06. The van der Waals surface area contributed by atoms with E-state index in [1.165, 1.54) is 5.56 Å².